The fraction of sp³-hybridized carbons (Fsp3) is 0.744. The number of ether oxygens (including phenoxy) is 16. The van der Waals surface area contributed by atoms with Gasteiger partial charge in [-0.3, -0.25) is 52.7 Å². The van der Waals surface area contributed by atoms with E-state index >= 15 is 0 Å². The highest BCUT2D eigenvalue weighted by Gasteiger charge is 2.60. The standard InChI is InChI=1S/C43H58F3NO27/c1-17(48)60-14-27-30(63-20(4)51)33(64-21(5)52)37(68-25(9)56)40(71-27)74-32-29(16-62-19(3)50)72-41(38(69-26(10)57)35(32)66-23(7)54)73-31-28(15-61-18(2)49)70-39(36(67-24(8)55)34(31)65-22(6)53)59-13-11-12-47-42(58)43(44,45)46/h27-41H,11-16H2,1-10H3,(H,47,58)/t27?,28-,29?,30+,31-,32+,33+,34?,35+,36?,37?,38?,39+,40+,41+/m1/s1. The van der Waals surface area contributed by atoms with Gasteiger partial charge in [-0.15, -0.1) is 0 Å². The van der Waals surface area contributed by atoms with E-state index in [0.29, 0.717) is 0 Å². The topological polar surface area (TPSA) is 347 Å². The summed E-state index contributed by atoms with van der Waals surface area (Å²) < 4.78 is 130. The van der Waals surface area contributed by atoms with Crippen molar-refractivity contribution in [3.05, 3.63) is 0 Å². The summed E-state index contributed by atoms with van der Waals surface area (Å²) in [6.45, 7) is 5.99. The van der Waals surface area contributed by atoms with Gasteiger partial charge >= 0.3 is 71.8 Å². The second-order valence-corrected chi connectivity index (χ2v) is 16.2. The Morgan fingerprint density at radius 3 is 1.00 bits per heavy atom. The lowest BCUT2D eigenvalue weighted by molar-refractivity contribution is -0.380. The van der Waals surface area contributed by atoms with Gasteiger partial charge in [0.25, 0.3) is 0 Å². The molecule has 0 spiro atoms. The van der Waals surface area contributed by atoms with E-state index in [1.807, 2.05) is 0 Å². The molecule has 3 aliphatic heterocycles. The third-order valence-electron chi connectivity index (χ3n) is 9.97. The largest absolute Gasteiger partial charge is 0.471 e. The monoisotopic (exact) mass is 1080 g/mol. The zero-order chi connectivity index (χ0) is 55.8. The van der Waals surface area contributed by atoms with E-state index < -0.39 is 197 Å². The molecule has 6 unspecified atom stereocenters. The van der Waals surface area contributed by atoms with Crippen molar-refractivity contribution in [2.45, 2.75) is 174 Å². The lowest BCUT2D eigenvalue weighted by Crippen LogP contribution is -2.69. The van der Waals surface area contributed by atoms with E-state index in [0.717, 1.165) is 69.2 Å². The summed E-state index contributed by atoms with van der Waals surface area (Å²) in [5.74, 6) is -12.4. The summed E-state index contributed by atoms with van der Waals surface area (Å²) in [5, 5.41) is 1.64. The quantitative estimate of drug-likeness (QED) is 0.0790. The van der Waals surface area contributed by atoms with Crippen LogP contribution in [0, 0.1) is 0 Å². The lowest BCUT2D eigenvalue weighted by Gasteiger charge is -2.50. The van der Waals surface area contributed by atoms with E-state index in [2.05, 4.69) is 0 Å². The molecule has 0 aliphatic carbocycles. The Morgan fingerprint density at radius 2 is 0.676 bits per heavy atom. The molecule has 0 radical (unpaired) electrons. The maximum atomic E-state index is 13.0. The van der Waals surface area contributed by atoms with Gasteiger partial charge in [-0.2, -0.15) is 13.2 Å². The predicted octanol–water partition coefficient (Wildman–Crippen LogP) is -0.772. The molecule has 0 aromatic carbocycles. The first-order valence-corrected chi connectivity index (χ1v) is 22.3. The smallest absolute Gasteiger partial charge is 0.463 e. The minimum absolute atomic E-state index is 0.302. The van der Waals surface area contributed by atoms with Crippen molar-refractivity contribution in [1.82, 2.24) is 5.32 Å². The average molecular weight is 1080 g/mol. The zero-order valence-corrected chi connectivity index (χ0v) is 41.6. The molecule has 3 rings (SSSR count). The summed E-state index contributed by atoms with van der Waals surface area (Å²) in [6, 6.07) is 0. The predicted molar refractivity (Wildman–Crippen MR) is 224 cm³/mol. The number of amides is 1. The molecule has 3 aliphatic rings. The Hall–Kier alpha value is -6.28. The number of rotatable bonds is 22. The number of nitrogens with one attached hydrogen (secondary N) is 1. The van der Waals surface area contributed by atoms with Gasteiger partial charge in [0.2, 0.25) is 0 Å². The van der Waals surface area contributed by atoms with E-state index in [4.69, 9.17) is 75.8 Å². The molecule has 3 heterocycles. The maximum Gasteiger partial charge on any atom is 0.471 e. The number of hydrogen-bond donors (Lipinski definition) is 1. The van der Waals surface area contributed by atoms with Gasteiger partial charge in [-0.1, -0.05) is 0 Å². The minimum Gasteiger partial charge on any atom is -0.463 e. The lowest BCUT2D eigenvalue weighted by atomic mass is 9.95. The van der Waals surface area contributed by atoms with Crippen molar-refractivity contribution in [2.24, 2.45) is 0 Å². The van der Waals surface area contributed by atoms with Gasteiger partial charge in [0.05, 0.1) is 6.61 Å². The molecule has 0 bridgehead atoms. The van der Waals surface area contributed by atoms with E-state index in [9.17, 15) is 65.9 Å². The van der Waals surface area contributed by atoms with Crippen LogP contribution in [0.25, 0.3) is 0 Å². The van der Waals surface area contributed by atoms with Crippen LogP contribution in [0.4, 0.5) is 13.2 Å². The Morgan fingerprint density at radius 1 is 0.392 bits per heavy atom. The zero-order valence-electron chi connectivity index (χ0n) is 41.6. The van der Waals surface area contributed by atoms with Crippen LogP contribution in [-0.4, -0.2) is 197 Å². The number of carbonyl (C=O) groups is 11. The van der Waals surface area contributed by atoms with Crippen molar-refractivity contribution in [2.75, 3.05) is 33.0 Å². The van der Waals surface area contributed by atoms with Gasteiger partial charge in [0.1, 0.15) is 50.3 Å². The highest BCUT2D eigenvalue weighted by Crippen LogP contribution is 2.38. The third kappa shape index (κ3) is 19.5. The molecule has 15 atom stereocenters. The third-order valence-corrected chi connectivity index (χ3v) is 9.97. The number of halogens is 3. The fourth-order valence-corrected chi connectivity index (χ4v) is 7.46. The van der Waals surface area contributed by atoms with Crippen molar-refractivity contribution in [1.29, 1.82) is 0 Å². The number of esters is 10. The highest BCUT2D eigenvalue weighted by atomic mass is 19.4. The summed E-state index contributed by atoms with van der Waals surface area (Å²) in [6.07, 6.45) is -33.6. The van der Waals surface area contributed by atoms with Crippen molar-refractivity contribution < 1.29 is 142 Å². The number of hydrogen-bond acceptors (Lipinski definition) is 27. The minimum atomic E-state index is -5.20. The van der Waals surface area contributed by atoms with Crippen LogP contribution in [0.3, 0.4) is 0 Å². The summed E-state index contributed by atoms with van der Waals surface area (Å²) >= 11 is 0. The average Bonchev–Trinajstić information content (AvgIpc) is 3.25. The Kier molecular flexibility index (Phi) is 23.8. The molecule has 0 saturated carbocycles. The molecule has 1 amide bonds. The molecule has 31 heteroatoms. The Labute approximate surface area is 419 Å². The number of alkyl halides is 3. The van der Waals surface area contributed by atoms with Crippen LogP contribution in [0.1, 0.15) is 75.7 Å². The SMILES string of the molecule is CC(=O)OCC1O[C@@H](O[C@H]2C(COC(C)=O)O[C@@H](O[C@H]3C(OC(C)=O)C(OC(C)=O)[C@@H](OCCCNC(=O)C(F)(F)F)O[C@@H]3COC(C)=O)C(OC(C)=O)[C@H]2OC(C)=O)C(OC(C)=O)[C@@H](OC(C)=O)[C@H]1OC(C)=O. The molecule has 1 N–H and O–H groups in total. The second kappa shape index (κ2) is 28.4. The first-order chi connectivity index (χ1) is 34.5. The first kappa shape index (κ1) is 62.0. The van der Waals surface area contributed by atoms with Crippen LogP contribution in [0.15, 0.2) is 0 Å². The molecule has 3 saturated heterocycles. The van der Waals surface area contributed by atoms with Crippen molar-refractivity contribution >= 4 is 65.6 Å². The van der Waals surface area contributed by atoms with E-state index in [1.54, 1.807) is 5.32 Å². The summed E-state index contributed by atoms with van der Waals surface area (Å²) in [7, 11) is 0. The van der Waals surface area contributed by atoms with Crippen LogP contribution in [0.2, 0.25) is 0 Å². The molecule has 28 nitrogen and oxygen atoms in total. The van der Waals surface area contributed by atoms with Crippen LogP contribution < -0.4 is 5.32 Å². The number of carbonyl (C=O) groups excluding carboxylic acids is 11. The van der Waals surface area contributed by atoms with E-state index in [-0.39, 0.29) is 6.42 Å². The summed E-state index contributed by atoms with van der Waals surface area (Å²) in [4.78, 5) is 137. The van der Waals surface area contributed by atoms with Gasteiger partial charge in [0, 0.05) is 75.8 Å². The van der Waals surface area contributed by atoms with Gasteiger partial charge in [-0.05, 0) is 6.42 Å². The second-order valence-electron chi connectivity index (χ2n) is 16.2. The van der Waals surface area contributed by atoms with Crippen LogP contribution in [-0.2, 0) is 129 Å². The normalized spacial score (nSPS) is 29.7. The highest BCUT2D eigenvalue weighted by molar-refractivity contribution is 5.81. The Bertz CT molecular complexity index is 2040. The van der Waals surface area contributed by atoms with Crippen molar-refractivity contribution in [3.63, 3.8) is 0 Å². The maximum absolute atomic E-state index is 13.0. The van der Waals surface area contributed by atoms with Gasteiger partial charge in [-0.25, -0.2) is 0 Å². The molecule has 3 fully saturated rings. The Balaban J connectivity index is 2.25. The van der Waals surface area contributed by atoms with E-state index in [1.165, 1.54) is 0 Å². The summed E-state index contributed by atoms with van der Waals surface area (Å²) in [5.41, 5.74) is 0. The van der Waals surface area contributed by atoms with Gasteiger partial charge < -0.3 is 81.1 Å². The molecule has 0 aromatic heterocycles. The molecule has 74 heavy (non-hydrogen) atoms. The molecular weight excluding hydrogens is 1020 g/mol. The molecule has 0 aromatic rings. The van der Waals surface area contributed by atoms with Crippen LogP contribution >= 0.6 is 0 Å². The van der Waals surface area contributed by atoms with Gasteiger partial charge in [0.15, 0.2) is 61.6 Å². The fourth-order valence-electron chi connectivity index (χ4n) is 7.46. The molecular formula is C43H58F3NO27. The van der Waals surface area contributed by atoms with Crippen molar-refractivity contribution in [3.8, 4) is 0 Å². The molecule has 418 valence electrons. The van der Waals surface area contributed by atoms with Crippen LogP contribution in [0.5, 0.6) is 0 Å². The first-order valence-electron chi connectivity index (χ1n) is 22.3.